The summed E-state index contributed by atoms with van der Waals surface area (Å²) < 4.78 is 10.5. The molecule has 2 N–H and O–H groups in total. The number of hydrogen-bond acceptors (Lipinski definition) is 6. The van der Waals surface area contributed by atoms with Crippen molar-refractivity contribution in [3.63, 3.8) is 0 Å². The largest absolute Gasteiger partial charge is 0.485 e. The van der Waals surface area contributed by atoms with Gasteiger partial charge in [-0.1, -0.05) is 0 Å². The second-order valence-corrected chi connectivity index (χ2v) is 6.16. The molecule has 1 aromatic heterocycles. The minimum atomic E-state index is -0.920. The molecule has 1 amide bonds. The Morgan fingerprint density at radius 2 is 2.09 bits per heavy atom. The first kappa shape index (κ1) is 15.1. The van der Waals surface area contributed by atoms with Crippen LogP contribution < -0.4 is 10.1 Å². The highest BCUT2D eigenvalue weighted by Crippen LogP contribution is 2.41. The molecule has 0 spiro atoms. The van der Waals surface area contributed by atoms with Gasteiger partial charge < -0.3 is 15.2 Å². The third kappa shape index (κ3) is 2.50. The van der Waals surface area contributed by atoms with E-state index in [1.165, 1.54) is 0 Å². The van der Waals surface area contributed by atoms with Crippen LogP contribution in [0.1, 0.15) is 31.9 Å². The zero-order chi connectivity index (χ0) is 15.9. The average molecular weight is 326 g/mol. The number of alkyl halides is 1. The lowest BCUT2D eigenvalue weighted by Gasteiger charge is -2.42. The van der Waals surface area contributed by atoms with Crippen molar-refractivity contribution in [3.8, 4) is 5.75 Å². The molecule has 22 heavy (non-hydrogen) atoms. The molecule has 0 radical (unpaired) electrons. The molecule has 118 valence electrons. The van der Waals surface area contributed by atoms with Crippen LogP contribution in [-0.4, -0.2) is 38.9 Å². The van der Waals surface area contributed by atoms with E-state index in [0.717, 1.165) is 0 Å². The van der Waals surface area contributed by atoms with Crippen molar-refractivity contribution in [3.05, 3.63) is 17.7 Å². The van der Waals surface area contributed by atoms with Crippen LogP contribution in [0.15, 0.2) is 16.8 Å². The monoisotopic (exact) mass is 325 g/mol. The third-order valence-corrected chi connectivity index (χ3v) is 3.95. The maximum Gasteiger partial charge on any atom is 0.221 e. The zero-order valence-corrected chi connectivity index (χ0v) is 12.9. The van der Waals surface area contributed by atoms with E-state index >= 15 is 0 Å². The number of nitrogens with one attached hydrogen (secondary N) is 1. The molecule has 2 atom stereocenters. The van der Waals surface area contributed by atoms with Crippen molar-refractivity contribution < 1.29 is 19.3 Å². The van der Waals surface area contributed by atoms with Gasteiger partial charge in [-0.05, 0) is 30.2 Å². The van der Waals surface area contributed by atoms with Gasteiger partial charge in [0.15, 0.2) is 0 Å². The number of amides is 1. The summed E-state index contributed by atoms with van der Waals surface area (Å²) in [6, 6.07) is 2.77. The van der Waals surface area contributed by atoms with Crippen LogP contribution >= 0.6 is 11.6 Å². The number of nitrogens with zero attached hydrogens (tertiary/aromatic N) is 2. The average Bonchev–Trinajstić information content (AvgIpc) is 2.89. The number of aliphatic hydroxyl groups is 1. The van der Waals surface area contributed by atoms with Gasteiger partial charge in [0, 0.05) is 23.9 Å². The second-order valence-electron chi connectivity index (χ2n) is 5.78. The van der Waals surface area contributed by atoms with E-state index in [4.69, 9.17) is 21.0 Å². The number of ether oxygens (including phenoxy) is 1. The molecule has 2 heterocycles. The fraction of sp³-hybridized carbons (Fsp3) is 0.500. The lowest BCUT2D eigenvalue weighted by Crippen LogP contribution is -2.53. The molecule has 0 bridgehead atoms. The van der Waals surface area contributed by atoms with Crippen LogP contribution in [0.5, 0.6) is 5.75 Å². The predicted octanol–water partition coefficient (Wildman–Crippen LogP) is 1.54. The SMILES string of the molecule is CC1(C)Oc2cc3nonc3cc2C(NC(=O)CCCl)C1O. The number of fused-ring (bicyclic) bond motifs is 2. The number of benzene rings is 1. The summed E-state index contributed by atoms with van der Waals surface area (Å²) in [5.74, 6) is 0.518. The molecule has 7 nitrogen and oxygen atoms in total. The molecule has 0 saturated carbocycles. The van der Waals surface area contributed by atoms with Crippen molar-refractivity contribution in [2.24, 2.45) is 0 Å². The van der Waals surface area contributed by atoms with Gasteiger partial charge >= 0.3 is 0 Å². The minimum absolute atomic E-state index is 0.176. The van der Waals surface area contributed by atoms with Crippen LogP contribution in [0.4, 0.5) is 0 Å². The molecule has 2 unspecified atom stereocenters. The molecular formula is C14H16ClN3O4. The quantitative estimate of drug-likeness (QED) is 0.831. The van der Waals surface area contributed by atoms with E-state index < -0.39 is 17.7 Å². The Balaban J connectivity index is 2.05. The van der Waals surface area contributed by atoms with Gasteiger partial charge in [0.25, 0.3) is 0 Å². The highest BCUT2D eigenvalue weighted by Gasteiger charge is 2.43. The summed E-state index contributed by atoms with van der Waals surface area (Å²) >= 11 is 5.59. The number of carbonyl (C=O) groups is 1. The van der Waals surface area contributed by atoms with E-state index in [1.54, 1.807) is 26.0 Å². The highest BCUT2D eigenvalue weighted by molar-refractivity contribution is 6.18. The summed E-state index contributed by atoms with van der Waals surface area (Å²) in [7, 11) is 0. The molecular weight excluding hydrogens is 310 g/mol. The minimum Gasteiger partial charge on any atom is -0.485 e. The number of aromatic nitrogens is 2. The van der Waals surface area contributed by atoms with E-state index in [-0.39, 0.29) is 18.2 Å². The van der Waals surface area contributed by atoms with Crippen LogP contribution in [0.25, 0.3) is 11.0 Å². The topological polar surface area (TPSA) is 97.5 Å². The number of hydrogen-bond donors (Lipinski definition) is 2. The fourth-order valence-electron chi connectivity index (χ4n) is 2.56. The number of rotatable bonds is 3. The zero-order valence-electron chi connectivity index (χ0n) is 12.2. The first-order valence-electron chi connectivity index (χ1n) is 6.91. The standard InChI is InChI=1S/C14H16ClN3O4/c1-14(2)13(20)12(16-11(19)3-4-15)7-5-8-9(18-22-17-8)6-10(7)21-14/h5-6,12-13,20H,3-4H2,1-2H3,(H,16,19). The number of aliphatic hydroxyl groups excluding tert-OH is 1. The molecule has 1 aliphatic rings. The molecule has 1 aliphatic heterocycles. The number of halogens is 1. The predicted molar refractivity (Wildman–Crippen MR) is 78.7 cm³/mol. The maximum atomic E-state index is 11.9. The Morgan fingerprint density at radius 1 is 1.41 bits per heavy atom. The third-order valence-electron chi connectivity index (χ3n) is 3.76. The van der Waals surface area contributed by atoms with Crippen LogP contribution in [0, 0.1) is 0 Å². The lowest BCUT2D eigenvalue weighted by molar-refractivity contribution is -0.125. The van der Waals surface area contributed by atoms with Crippen molar-refractivity contribution in [2.45, 2.75) is 38.0 Å². The lowest BCUT2D eigenvalue weighted by atomic mass is 9.86. The van der Waals surface area contributed by atoms with Gasteiger partial charge in [0.05, 0.1) is 6.04 Å². The maximum absolute atomic E-state index is 11.9. The number of carbonyl (C=O) groups excluding carboxylic acids is 1. The fourth-order valence-corrected chi connectivity index (χ4v) is 2.73. The summed E-state index contributed by atoms with van der Waals surface area (Å²) in [4.78, 5) is 11.9. The smallest absolute Gasteiger partial charge is 0.221 e. The van der Waals surface area contributed by atoms with Gasteiger partial charge in [0.2, 0.25) is 5.91 Å². The van der Waals surface area contributed by atoms with Crippen molar-refractivity contribution in [1.82, 2.24) is 15.6 Å². The van der Waals surface area contributed by atoms with Gasteiger partial charge in [-0.2, -0.15) is 0 Å². The van der Waals surface area contributed by atoms with Gasteiger partial charge in [-0.15, -0.1) is 11.6 Å². The van der Waals surface area contributed by atoms with Crippen molar-refractivity contribution in [1.29, 1.82) is 0 Å². The summed E-state index contributed by atoms with van der Waals surface area (Å²) in [6.45, 7) is 3.51. The molecule has 2 aromatic rings. The summed E-state index contributed by atoms with van der Waals surface area (Å²) in [6.07, 6.45) is -0.744. The Hall–Kier alpha value is -1.86. The van der Waals surface area contributed by atoms with Crippen LogP contribution in [0.3, 0.4) is 0 Å². The van der Waals surface area contributed by atoms with E-state index in [1.807, 2.05) is 0 Å². The molecule has 1 aromatic carbocycles. The van der Waals surface area contributed by atoms with Gasteiger partial charge in [-0.25, -0.2) is 4.63 Å². The molecule has 0 fully saturated rings. The Bertz CT molecular complexity index is 715. The molecule has 0 saturated heterocycles. The molecule has 3 rings (SSSR count). The van der Waals surface area contributed by atoms with E-state index in [0.29, 0.717) is 22.3 Å². The van der Waals surface area contributed by atoms with E-state index in [9.17, 15) is 9.90 Å². The molecule has 0 aliphatic carbocycles. The Labute approximate surface area is 131 Å². The highest BCUT2D eigenvalue weighted by atomic mass is 35.5. The second kappa shape index (κ2) is 5.40. The molecule has 8 heteroatoms. The van der Waals surface area contributed by atoms with Crippen molar-refractivity contribution >= 4 is 28.5 Å². The van der Waals surface area contributed by atoms with Crippen LogP contribution in [-0.2, 0) is 4.79 Å². The first-order valence-corrected chi connectivity index (χ1v) is 7.44. The van der Waals surface area contributed by atoms with Gasteiger partial charge in [-0.3, -0.25) is 4.79 Å². The van der Waals surface area contributed by atoms with Crippen LogP contribution in [0.2, 0.25) is 0 Å². The van der Waals surface area contributed by atoms with E-state index in [2.05, 4.69) is 15.6 Å². The first-order chi connectivity index (χ1) is 10.4. The normalized spacial score (nSPS) is 22.9. The Morgan fingerprint density at radius 3 is 2.77 bits per heavy atom. The summed E-state index contributed by atoms with van der Waals surface area (Å²) in [5.41, 5.74) is 0.858. The summed E-state index contributed by atoms with van der Waals surface area (Å²) in [5, 5.41) is 20.9. The Kier molecular flexibility index (Phi) is 3.70. The van der Waals surface area contributed by atoms with Crippen molar-refractivity contribution in [2.75, 3.05) is 5.88 Å². The van der Waals surface area contributed by atoms with Gasteiger partial charge in [0.1, 0.15) is 28.5 Å².